The summed E-state index contributed by atoms with van der Waals surface area (Å²) < 4.78 is 15.1. The number of para-hydroxylation sites is 1. The Bertz CT molecular complexity index is 748. The summed E-state index contributed by atoms with van der Waals surface area (Å²) in [6, 6.07) is 8.06. The molecule has 0 aliphatic carbocycles. The number of nitrogens with zero attached hydrogens (tertiary/aromatic N) is 3. The zero-order valence-electron chi connectivity index (χ0n) is 18.9. The van der Waals surface area contributed by atoms with Crippen LogP contribution in [0.3, 0.4) is 0 Å². The number of amides is 1. The van der Waals surface area contributed by atoms with Gasteiger partial charge in [0.15, 0.2) is 11.5 Å². The van der Waals surface area contributed by atoms with Crippen LogP contribution in [0.25, 0.3) is 0 Å². The third-order valence-corrected chi connectivity index (χ3v) is 6.14. The molecular formula is C23H35N3O3S. The molecule has 0 fully saturated rings. The number of rotatable bonds is 11. The van der Waals surface area contributed by atoms with Gasteiger partial charge in [0.05, 0.1) is 12.0 Å². The van der Waals surface area contributed by atoms with Crippen LogP contribution < -0.4 is 9.47 Å². The maximum atomic E-state index is 12.7. The number of unbranched alkanes of at least 4 members (excludes halogenated alkanes) is 3. The molecule has 1 aliphatic rings. The lowest BCUT2D eigenvalue weighted by Crippen LogP contribution is -2.32. The second-order valence-electron chi connectivity index (χ2n) is 8.39. The number of benzene rings is 1. The van der Waals surface area contributed by atoms with E-state index in [0.29, 0.717) is 18.0 Å². The first kappa shape index (κ1) is 24.4. The Morgan fingerprint density at radius 1 is 1.33 bits per heavy atom. The highest BCUT2D eigenvalue weighted by atomic mass is 32.2. The van der Waals surface area contributed by atoms with Crippen molar-refractivity contribution in [2.45, 2.75) is 71.8 Å². The average molecular weight is 434 g/mol. The molecule has 0 saturated heterocycles. The number of nitriles is 1. The van der Waals surface area contributed by atoms with Crippen molar-refractivity contribution in [3.8, 4) is 17.6 Å². The molecule has 1 unspecified atom stereocenters. The molecule has 166 valence electrons. The Kier molecular flexibility index (Phi) is 9.32. The van der Waals surface area contributed by atoms with Crippen LogP contribution in [0, 0.1) is 17.2 Å². The molecule has 0 radical (unpaired) electrons. The second kappa shape index (κ2) is 11.5. The lowest BCUT2D eigenvalue weighted by Gasteiger charge is -2.26. The fraction of sp³-hybridized carbons (Fsp3) is 0.652. The number of hydrogen-bond acceptors (Lipinski definition) is 6. The van der Waals surface area contributed by atoms with Gasteiger partial charge in [0, 0.05) is 44.3 Å². The van der Waals surface area contributed by atoms with E-state index >= 15 is 0 Å². The van der Waals surface area contributed by atoms with Crippen molar-refractivity contribution in [3.05, 3.63) is 23.8 Å². The van der Waals surface area contributed by atoms with E-state index in [1.165, 1.54) is 35.7 Å². The first-order valence-electron chi connectivity index (χ1n) is 10.9. The lowest BCUT2D eigenvalue weighted by molar-refractivity contribution is 0.131. The fourth-order valence-corrected chi connectivity index (χ4v) is 4.33. The smallest absolute Gasteiger partial charge is 0.426 e. The predicted molar refractivity (Wildman–Crippen MR) is 121 cm³/mol. The highest BCUT2D eigenvalue weighted by Crippen LogP contribution is 2.42. The largest absolute Gasteiger partial charge is 0.483 e. The van der Waals surface area contributed by atoms with Crippen LogP contribution in [0.5, 0.6) is 11.5 Å². The molecule has 1 heterocycles. The summed E-state index contributed by atoms with van der Waals surface area (Å²) in [4.78, 5) is 12.7. The zero-order chi connectivity index (χ0) is 22.1. The summed E-state index contributed by atoms with van der Waals surface area (Å²) in [5.74, 6) is 1.06. The summed E-state index contributed by atoms with van der Waals surface area (Å²) in [6.45, 7) is 9.61. The summed E-state index contributed by atoms with van der Waals surface area (Å²) in [6.07, 6.45) is 5.86. The topological polar surface area (TPSA) is 65.8 Å². The first-order chi connectivity index (χ1) is 14.3. The number of hydrogen-bond donors (Lipinski definition) is 0. The van der Waals surface area contributed by atoms with Gasteiger partial charge in [-0.1, -0.05) is 51.7 Å². The Morgan fingerprint density at radius 2 is 2.10 bits per heavy atom. The standard InChI is InChI=1S/C23H35N3O3S/c1-6-8-9-10-12-18(16-24)17-26(7-2)30-25(5)22(27)28-20-14-11-13-19-15-23(3,4)29-21(19)20/h11,13-14,18H,6-10,12,15,17H2,1-5H3. The fourth-order valence-electron chi connectivity index (χ4n) is 3.51. The third-order valence-electron chi connectivity index (χ3n) is 5.11. The van der Waals surface area contributed by atoms with Crippen molar-refractivity contribution in [3.63, 3.8) is 0 Å². The molecule has 0 bridgehead atoms. The van der Waals surface area contributed by atoms with Crippen LogP contribution in [0.2, 0.25) is 0 Å². The van der Waals surface area contributed by atoms with Crippen molar-refractivity contribution >= 4 is 18.2 Å². The molecule has 30 heavy (non-hydrogen) atoms. The maximum absolute atomic E-state index is 12.7. The second-order valence-corrected chi connectivity index (χ2v) is 9.61. The average Bonchev–Trinajstić information content (AvgIpc) is 3.04. The van der Waals surface area contributed by atoms with Crippen LogP contribution in [0.15, 0.2) is 18.2 Å². The van der Waals surface area contributed by atoms with Crippen LogP contribution in [0.1, 0.15) is 65.4 Å². The summed E-state index contributed by atoms with van der Waals surface area (Å²) in [5, 5.41) is 9.49. The van der Waals surface area contributed by atoms with Crippen LogP contribution in [-0.4, -0.2) is 40.4 Å². The molecule has 2 rings (SSSR count). The molecule has 0 aromatic heterocycles. The van der Waals surface area contributed by atoms with Crippen molar-refractivity contribution in [2.75, 3.05) is 20.1 Å². The van der Waals surface area contributed by atoms with E-state index in [9.17, 15) is 10.1 Å². The molecule has 1 aromatic rings. The van der Waals surface area contributed by atoms with Gasteiger partial charge in [0.2, 0.25) is 0 Å². The van der Waals surface area contributed by atoms with Gasteiger partial charge in [-0.3, -0.25) is 0 Å². The molecule has 1 aromatic carbocycles. The van der Waals surface area contributed by atoms with E-state index in [1.807, 2.05) is 37.2 Å². The van der Waals surface area contributed by atoms with Gasteiger partial charge < -0.3 is 9.47 Å². The molecule has 7 heteroatoms. The van der Waals surface area contributed by atoms with Crippen LogP contribution >= 0.6 is 12.1 Å². The minimum atomic E-state index is -0.461. The van der Waals surface area contributed by atoms with Gasteiger partial charge in [0.25, 0.3) is 0 Å². The Morgan fingerprint density at radius 3 is 2.77 bits per heavy atom. The van der Waals surface area contributed by atoms with E-state index in [0.717, 1.165) is 31.4 Å². The summed E-state index contributed by atoms with van der Waals surface area (Å²) in [7, 11) is 1.69. The van der Waals surface area contributed by atoms with E-state index < -0.39 is 6.09 Å². The molecule has 1 aliphatic heterocycles. The Balaban J connectivity index is 1.90. The lowest BCUT2D eigenvalue weighted by atomic mass is 10.0. The number of carbonyl (C=O) groups is 1. The SMILES string of the molecule is CCCCCCC(C#N)CN(CC)SN(C)C(=O)Oc1cccc2c1OC(C)(C)C2. The van der Waals surface area contributed by atoms with Gasteiger partial charge in [-0.05, 0) is 26.3 Å². The highest BCUT2D eigenvalue weighted by Gasteiger charge is 2.33. The minimum Gasteiger partial charge on any atom is -0.483 e. The monoisotopic (exact) mass is 433 g/mol. The highest BCUT2D eigenvalue weighted by molar-refractivity contribution is 7.95. The normalized spacial score (nSPS) is 15.2. The molecule has 1 amide bonds. The van der Waals surface area contributed by atoms with Crippen molar-refractivity contribution < 1.29 is 14.3 Å². The molecule has 0 spiro atoms. The van der Waals surface area contributed by atoms with Crippen molar-refractivity contribution in [1.29, 1.82) is 5.26 Å². The van der Waals surface area contributed by atoms with Crippen molar-refractivity contribution in [2.24, 2.45) is 5.92 Å². The summed E-state index contributed by atoms with van der Waals surface area (Å²) in [5.41, 5.74) is 0.754. The molecule has 0 saturated carbocycles. The maximum Gasteiger partial charge on any atom is 0.426 e. The zero-order valence-corrected chi connectivity index (χ0v) is 19.8. The Labute approximate surface area is 185 Å². The van der Waals surface area contributed by atoms with E-state index in [4.69, 9.17) is 9.47 Å². The minimum absolute atomic E-state index is 0.0354. The van der Waals surface area contributed by atoms with Gasteiger partial charge in [0.1, 0.15) is 5.60 Å². The summed E-state index contributed by atoms with van der Waals surface area (Å²) >= 11 is 1.29. The van der Waals surface area contributed by atoms with Gasteiger partial charge in [-0.25, -0.2) is 13.4 Å². The van der Waals surface area contributed by atoms with E-state index in [-0.39, 0.29) is 11.5 Å². The van der Waals surface area contributed by atoms with Gasteiger partial charge >= 0.3 is 6.09 Å². The number of carbonyl (C=O) groups excluding carboxylic acids is 1. The molecular weight excluding hydrogens is 398 g/mol. The third kappa shape index (κ3) is 7.10. The predicted octanol–water partition coefficient (Wildman–Crippen LogP) is 5.83. The number of fused-ring (bicyclic) bond motifs is 1. The van der Waals surface area contributed by atoms with E-state index in [1.54, 1.807) is 13.1 Å². The van der Waals surface area contributed by atoms with E-state index in [2.05, 4.69) is 13.0 Å². The Hall–Kier alpha value is -1.91. The first-order valence-corrected chi connectivity index (χ1v) is 11.6. The quantitative estimate of drug-likeness (QED) is 0.323. The van der Waals surface area contributed by atoms with Crippen LogP contribution in [0.4, 0.5) is 4.79 Å². The molecule has 0 N–H and O–H groups in total. The van der Waals surface area contributed by atoms with Crippen molar-refractivity contribution in [1.82, 2.24) is 8.61 Å². The van der Waals surface area contributed by atoms with Gasteiger partial charge in [-0.2, -0.15) is 5.26 Å². The molecule has 6 nitrogen and oxygen atoms in total. The molecule has 1 atom stereocenters. The van der Waals surface area contributed by atoms with Gasteiger partial charge in [-0.15, -0.1) is 0 Å². The van der Waals surface area contributed by atoms with Crippen LogP contribution in [-0.2, 0) is 6.42 Å². The number of ether oxygens (including phenoxy) is 2.